The van der Waals surface area contributed by atoms with Crippen LogP contribution in [-0.4, -0.2) is 18.0 Å². The quantitative estimate of drug-likeness (QED) is 0.426. The van der Waals surface area contributed by atoms with Gasteiger partial charge in [-0.1, -0.05) is 6.07 Å². The number of nitrogens with zero attached hydrogens (tertiary/aromatic N) is 1. The van der Waals surface area contributed by atoms with Crippen LogP contribution in [0.5, 0.6) is 11.6 Å². The van der Waals surface area contributed by atoms with E-state index in [9.17, 15) is 13.6 Å². The molecule has 0 unspecified atom stereocenters. The number of amides is 1. The molecule has 0 bridgehead atoms. The molecule has 8 heteroatoms. The van der Waals surface area contributed by atoms with Crippen molar-refractivity contribution in [1.82, 2.24) is 4.98 Å². The molecule has 0 fully saturated rings. The number of halogens is 2. The second kappa shape index (κ2) is 8.56. The van der Waals surface area contributed by atoms with Crippen LogP contribution in [0.15, 0.2) is 60.8 Å². The number of hydrogen-bond acceptors (Lipinski definition) is 5. The highest BCUT2D eigenvalue weighted by Gasteiger charge is 2.21. The van der Waals surface area contributed by atoms with Crippen molar-refractivity contribution < 1.29 is 23.0 Å². The SMILES string of the molecule is COCc1c(C(=O)Nc2ccc(Oc3ccc(F)cc3)nc2)sc2cccc(F)c12. The summed E-state index contributed by atoms with van der Waals surface area (Å²) in [5.74, 6) is -0.390. The van der Waals surface area contributed by atoms with Gasteiger partial charge in [0.15, 0.2) is 0 Å². The molecule has 2 heterocycles. The summed E-state index contributed by atoms with van der Waals surface area (Å²) in [4.78, 5) is 17.4. The number of anilines is 1. The highest BCUT2D eigenvalue weighted by Crippen LogP contribution is 2.34. The fraction of sp³-hybridized carbons (Fsp3) is 0.0909. The summed E-state index contributed by atoms with van der Waals surface area (Å²) in [5.41, 5.74) is 0.963. The smallest absolute Gasteiger partial charge is 0.266 e. The van der Waals surface area contributed by atoms with Crippen molar-refractivity contribution in [3.8, 4) is 11.6 Å². The van der Waals surface area contributed by atoms with Crippen molar-refractivity contribution in [3.05, 3.63) is 82.9 Å². The molecular weight excluding hydrogens is 410 g/mol. The van der Waals surface area contributed by atoms with Gasteiger partial charge < -0.3 is 14.8 Å². The van der Waals surface area contributed by atoms with Gasteiger partial charge in [0.25, 0.3) is 5.91 Å². The molecule has 0 atom stereocenters. The third-order valence-corrected chi connectivity index (χ3v) is 5.48. The van der Waals surface area contributed by atoms with E-state index < -0.39 is 0 Å². The van der Waals surface area contributed by atoms with E-state index in [1.165, 1.54) is 55.0 Å². The van der Waals surface area contributed by atoms with Crippen LogP contribution in [0.25, 0.3) is 10.1 Å². The number of hydrogen-bond donors (Lipinski definition) is 1. The lowest BCUT2D eigenvalue weighted by Gasteiger charge is -2.08. The molecule has 0 saturated carbocycles. The first-order valence-corrected chi connectivity index (χ1v) is 9.76. The zero-order valence-electron chi connectivity index (χ0n) is 15.8. The average molecular weight is 426 g/mol. The largest absolute Gasteiger partial charge is 0.439 e. The number of rotatable bonds is 6. The molecule has 2 aromatic carbocycles. The molecule has 30 heavy (non-hydrogen) atoms. The van der Waals surface area contributed by atoms with Gasteiger partial charge in [-0.25, -0.2) is 13.8 Å². The van der Waals surface area contributed by atoms with E-state index in [0.717, 1.165) is 0 Å². The van der Waals surface area contributed by atoms with E-state index in [0.29, 0.717) is 37.8 Å². The summed E-state index contributed by atoms with van der Waals surface area (Å²) in [5, 5.41) is 3.16. The zero-order chi connectivity index (χ0) is 21.1. The summed E-state index contributed by atoms with van der Waals surface area (Å²) >= 11 is 1.20. The third-order valence-electron chi connectivity index (χ3n) is 4.29. The lowest BCUT2D eigenvalue weighted by molar-refractivity contribution is 0.102. The van der Waals surface area contributed by atoms with E-state index in [-0.39, 0.29) is 24.1 Å². The molecule has 4 aromatic rings. The molecule has 0 aliphatic carbocycles. The van der Waals surface area contributed by atoms with Crippen molar-refractivity contribution in [2.24, 2.45) is 0 Å². The summed E-state index contributed by atoms with van der Waals surface area (Å²) < 4.78 is 38.6. The minimum absolute atomic E-state index is 0.117. The Morgan fingerprint density at radius 2 is 1.90 bits per heavy atom. The summed E-state index contributed by atoms with van der Waals surface area (Å²) in [7, 11) is 1.50. The molecule has 5 nitrogen and oxygen atoms in total. The van der Waals surface area contributed by atoms with Crippen LogP contribution in [0.4, 0.5) is 14.5 Å². The third kappa shape index (κ3) is 4.14. The van der Waals surface area contributed by atoms with Gasteiger partial charge in [0.05, 0.1) is 23.4 Å². The maximum absolute atomic E-state index is 14.3. The zero-order valence-corrected chi connectivity index (χ0v) is 16.6. The molecule has 0 radical (unpaired) electrons. The molecule has 152 valence electrons. The normalized spacial score (nSPS) is 10.9. The van der Waals surface area contributed by atoms with Crippen LogP contribution in [0, 0.1) is 11.6 Å². The Morgan fingerprint density at radius 1 is 1.10 bits per heavy atom. The molecule has 2 aromatic heterocycles. The maximum atomic E-state index is 14.3. The van der Waals surface area contributed by atoms with Gasteiger partial charge in [-0.05, 0) is 42.5 Å². The van der Waals surface area contributed by atoms with Gasteiger partial charge in [-0.3, -0.25) is 4.79 Å². The number of pyridine rings is 1. The van der Waals surface area contributed by atoms with Crippen LogP contribution in [0.2, 0.25) is 0 Å². The lowest BCUT2D eigenvalue weighted by Crippen LogP contribution is -2.12. The van der Waals surface area contributed by atoms with Crippen LogP contribution in [0.3, 0.4) is 0 Å². The molecular formula is C22H16F2N2O3S. The topological polar surface area (TPSA) is 60.5 Å². The molecule has 4 rings (SSSR count). The predicted octanol–water partition coefficient (Wildman–Crippen LogP) is 5.77. The van der Waals surface area contributed by atoms with Crippen LogP contribution in [-0.2, 0) is 11.3 Å². The minimum Gasteiger partial charge on any atom is -0.439 e. The van der Waals surface area contributed by atoms with E-state index in [1.807, 2.05) is 0 Å². The molecule has 0 saturated heterocycles. The van der Waals surface area contributed by atoms with E-state index in [1.54, 1.807) is 24.3 Å². The minimum atomic E-state index is -0.390. The Kier molecular flexibility index (Phi) is 5.69. The second-order valence-electron chi connectivity index (χ2n) is 6.35. The number of nitrogens with one attached hydrogen (secondary N) is 1. The van der Waals surface area contributed by atoms with E-state index in [4.69, 9.17) is 9.47 Å². The first kappa shape index (κ1) is 19.9. The number of methoxy groups -OCH3 is 1. The number of thiophene rings is 1. The predicted molar refractivity (Wildman–Crippen MR) is 111 cm³/mol. The average Bonchev–Trinajstić information content (AvgIpc) is 3.11. The van der Waals surface area contributed by atoms with Gasteiger partial charge in [0.2, 0.25) is 5.88 Å². The Bertz CT molecular complexity index is 1190. The van der Waals surface area contributed by atoms with Crippen molar-refractivity contribution >= 4 is 33.0 Å². The molecule has 1 N–H and O–H groups in total. The van der Waals surface area contributed by atoms with Crippen molar-refractivity contribution in [1.29, 1.82) is 0 Å². The molecule has 0 aliphatic heterocycles. The van der Waals surface area contributed by atoms with Gasteiger partial charge in [-0.2, -0.15) is 0 Å². The fourth-order valence-electron chi connectivity index (χ4n) is 2.96. The first-order valence-electron chi connectivity index (χ1n) is 8.95. The van der Waals surface area contributed by atoms with Crippen LogP contribution < -0.4 is 10.1 Å². The summed E-state index contributed by atoms with van der Waals surface area (Å²) in [6, 6.07) is 13.5. The number of fused-ring (bicyclic) bond motifs is 1. The lowest BCUT2D eigenvalue weighted by atomic mass is 10.1. The van der Waals surface area contributed by atoms with Crippen LogP contribution in [0.1, 0.15) is 15.2 Å². The van der Waals surface area contributed by atoms with Crippen LogP contribution >= 0.6 is 11.3 Å². The number of benzene rings is 2. The van der Waals surface area contributed by atoms with Gasteiger partial charge in [-0.15, -0.1) is 11.3 Å². The van der Waals surface area contributed by atoms with E-state index >= 15 is 0 Å². The standard InChI is InChI=1S/C22H16F2N2O3S/c1-28-12-16-20-17(24)3-2-4-18(20)30-21(16)22(27)26-14-7-10-19(25-11-14)29-15-8-5-13(23)6-9-15/h2-11H,12H2,1H3,(H,26,27). The Morgan fingerprint density at radius 3 is 2.60 bits per heavy atom. The fourth-order valence-corrected chi connectivity index (χ4v) is 4.08. The summed E-state index contributed by atoms with van der Waals surface area (Å²) in [6.45, 7) is 0.117. The maximum Gasteiger partial charge on any atom is 0.266 e. The first-order chi connectivity index (χ1) is 14.5. The number of ether oxygens (including phenoxy) is 2. The monoisotopic (exact) mass is 426 g/mol. The van der Waals surface area contributed by atoms with Crippen molar-refractivity contribution in [2.45, 2.75) is 6.61 Å². The highest BCUT2D eigenvalue weighted by atomic mass is 32.1. The highest BCUT2D eigenvalue weighted by molar-refractivity contribution is 7.21. The van der Waals surface area contributed by atoms with Gasteiger partial charge in [0, 0.05) is 28.8 Å². The Balaban J connectivity index is 1.53. The molecule has 0 aliphatic rings. The Hall–Kier alpha value is -3.36. The number of carbonyl (C=O) groups excluding carboxylic acids is 1. The Labute approximate surface area is 174 Å². The molecule has 0 spiro atoms. The second-order valence-corrected chi connectivity index (χ2v) is 7.40. The summed E-state index contributed by atoms with van der Waals surface area (Å²) in [6.07, 6.45) is 1.45. The van der Waals surface area contributed by atoms with Gasteiger partial charge in [0.1, 0.15) is 17.4 Å². The van der Waals surface area contributed by atoms with Crippen molar-refractivity contribution in [3.63, 3.8) is 0 Å². The van der Waals surface area contributed by atoms with E-state index in [2.05, 4.69) is 10.3 Å². The van der Waals surface area contributed by atoms with Crippen molar-refractivity contribution in [2.75, 3.05) is 12.4 Å². The van der Waals surface area contributed by atoms with Gasteiger partial charge >= 0.3 is 0 Å². The molecule has 1 amide bonds. The number of aromatic nitrogens is 1. The number of carbonyl (C=O) groups is 1.